The molecule has 0 bridgehead atoms. The van der Waals surface area contributed by atoms with Gasteiger partial charge in [0.2, 0.25) is 0 Å². The highest BCUT2D eigenvalue weighted by atomic mass is 16.3. The Hall–Kier alpha value is -0.120. The summed E-state index contributed by atoms with van der Waals surface area (Å²) in [6.45, 7) is 5.00. The first-order valence-electron chi connectivity index (χ1n) is 6.29. The normalized spacial score (nSPS) is 35.4. The van der Waals surface area contributed by atoms with E-state index < -0.39 is 0 Å². The molecule has 1 N–H and O–H groups in total. The fraction of sp³-hybridized carbons (Fsp3) is 1.00. The summed E-state index contributed by atoms with van der Waals surface area (Å²) in [6.07, 6.45) is 4.95. The van der Waals surface area contributed by atoms with Crippen LogP contribution >= 0.6 is 0 Å². The van der Waals surface area contributed by atoms with Gasteiger partial charge in [-0.25, -0.2) is 0 Å². The summed E-state index contributed by atoms with van der Waals surface area (Å²) >= 11 is 0. The minimum absolute atomic E-state index is 0.328. The van der Waals surface area contributed by atoms with E-state index >= 15 is 0 Å². The number of nitrogens with zero attached hydrogens (tertiary/aromatic N) is 2. The van der Waals surface area contributed by atoms with Crippen molar-refractivity contribution in [3.63, 3.8) is 0 Å². The molecule has 2 fully saturated rings. The second kappa shape index (κ2) is 4.81. The summed E-state index contributed by atoms with van der Waals surface area (Å²) in [4.78, 5) is 5.10. The second-order valence-electron chi connectivity index (χ2n) is 5.24. The van der Waals surface area contributed by atoms with Crippen LogP contribution < -0.4 is 0 Å². The van der Waals surface area contributed by atoms with Crippen molar-refractivity contribution >= 4 is 0 Å². The Kier molecular flexibility index (Phi) is 3.65. The fourth-order valence-electron chi connectivity index (χ4n) is 2.88. The third-order valence-electron chi connectivity index (χ3n) is 3.81. The van der Waals surface area contributed by atoms with Crippen molar-refractivity contribution in [3.05, 3.63) is 0 Å². The van der Waals surface area contributed by atoms with Gasteiger partial charge >= 0.3 is 0 Å². The molecule has 0 radical (unpaired) electrons. The minimum atomic E-state index is 0.328. The molecule has 2 rings (SSSR count). The van der Waals surface area contributed by atoms with Crippen LogP contribution in [-0.4, -0.2) is 59.8 Å². The van der Waals surface area contributed by atoms with Crippen LogP contribution in [0.2, 0.25) is 0 Å². The van der Waals surface area contributed by atoms with Gasteiger partial charge in [0, 0.05) is 31.3 Å². The summed E-state index contributed by atoms with van der Waals surface area (Å²) < 4.78 is 0. The molecule has 0 spiro atoms. The molecule has 0 aromatic carbocycles. The molecule has 3 heteroatoms. The van der Waals surface area contributed by atoms with Crippen LogP contribution in [0.5, 0.6) is 0 Å². The molecule has 1 saturated carbocycles. The largest absolute Gasteiger partial charge is 0.396 e. The van der Waals surface area contributed by atoms with Gasteiger partial charge in [0.05, 0.1) is 0 Å². The topological polar surface area (TPSA) is 26.7 Å². The van der Waals surface area contributed by atoms with Crippen LogP contribution in [0, 0.1) is 0 Å². The maximum atomic E-state index is 9.16. The highest BCUT2D eigenvalue weighted by Crippen LogP contribution is 2.33. The summed E-state index contributed by atoms with van der Waals surface area (Å²) in [5.41, 5.74) is 0. The summed E-state index contributed by atoms with van der Waals surface area (Å²) in [5.74, 6) is 0. The SMILES string of the molecule is CC1CCN(C)CC(CCO)N1C1CC1. The van der Waals surface area contributed by atoms with Crippen LogP contribution in [0.4, 0.5) is 0 Å². The predicted molar refractivity (Wildman–Crippen MR) is 61.9 cm³/mol. The fourth-order valence-corrected chi connectivity index (χ4v) is 2.88. The van der Waals surface area contributed by atoms with E-state index in [0.29, 0.717) is 18.7 Å². The van der Waals surface area contributed by atoms with E-state index in [1.165, 1.54) is 25.8 Å². The van der Waals surface area contributed by atoms with Gasteiger partial charge in [-0.15, -0.1) is 0 Å². The van der Waals surface area contributed by atoms with Gasteiger partial charge in [0.1, 0.15) is 0 Å². The maximum Gasteiger partial charge on any atom is 0.0446 e. The molecule has 3 nitrogen and oxygen atoms in total. The Morgan fingerprint density at radius 3 is 2.60 bits per heavy atom. The van der Waals surface area contributed by atoms with Crippen LogP contribution in [0.15, 0.2) is 0 Å². The standard InChI is InChI=1S/C12H24N2O/c1-10-5-7-13(2)9-12(6-8-15)14(10)11-3-4-11/h10-12,15H,3-9H2,1-2H3. The highest BCUT2D eigenvalue weighted by molar-refractivity contribution is 4.94. The van der Waals surface area contributed by atoms with Gasteiger partial charge in [-0.2, -0.15) is 0 Å². The minimum Gasteiger partial charge on any atom is -0.396 e. The Labute approximate surface area is 93.1 Å². The Balaban J connectivity index is 2.04. The van der Waals surface area contributed by atoms with Gasteiger partial charge < -0.3 is 10.0 Å². The molecule has 0 aromatic heterocycles. The average molecular weight is 212 g/mol. The molecule has 88 valence electrons. The van der Waals surface area contributed by atoms with E-state index in [-0.39, 0.29) is 0 Å². The zero-order valence-corrected chi connectivity index (χ0v) is 10.0. The van der Waals surface area contributed by atoms with Gasteiger partial charge in [0.25, 0.3) is 0 Å². The zero-order chi connectivity index (χ0) is 10.8. The molecular formula is C12H24N2O. The smallest absolute Gasteiger partial charge is 0.0446 e. The van der Waals surface area contributed by atoms with Crippen LogP contribution in [0.25, 0.3) is 0 Å². The van der Waals surface area contributed by atoms with Crippen LogP contribution in [-0.2, 0) is 0 Å². The monoisotopic (exact) mass is 212 g/mol. The van der Waals surface area contributed by atoms with E-state index in [0.717, 1.165) is 19.0 Å². The van der Waals surface area contributed by atoms with Gasteiger partial charge in [0.15, 0.2) is 0 Å². The second-order valence-corrected chi connectivity index (χ2v) is 5.24. The average Bonchev–Trinajstić information content (AvgIpc) is 2.98. The Bertz CT molecular complexity index is 206. The summed E-state index contributed by atoms with van der Waals surface area (Å²) in [7, 11) is 2.20. The lowest BCUT2D eigenvalue weighted by Gasteiger charge is -2.34. The zero-order valence-electron chi connectivity index (χ0n) is 10.0. The van der Waals surface area contributed by atoms with E-state index in [1.807, 2.05) is 0 Å². The lowest BCUT2D eigenvalue weighted by atomic mass is 10.1. The van der Waals surface area contributed by atoms with E-state index in [1.54, 1.807) is 0 Å². The molecule has 15 heavy (non-hydrogen) atoms. The van der Waals surface area contributed by atoms with E-state index in [9.17, 15) is 0 Å². The molecule has 0 aromatic rings. The number of aliphatic hydroxyl groups is 1. The third-order valence-corrected chi connectivity index (χ3v) is 3.81. The molecular weight excluding hydrogens is 188 g/mol. The van der Waals surface area contributed by atoms with E-state index in [2.05, 4.69) is 23.8 Å². The van der Waals surface area contributed by atoms with Crippen LogP contribution in [0.1, 0.15) is 32.6 Å². The molecule has 0 amide bonds. The van der Waals surface area contributed by atoms with Crippen molar-refractivity contribution in [2.75, 3.05) is 26.7 Å². The number of rotatable bonds is 3. The van der Waals surface area contributed by atoms with Crippen molar-refractivity contribution in [1.82, 2.24) is 9.80 Å². The highest BCUT2D eigenvalue weighted by Gasteiger charge is 2.38. The van der Waals surface area contributed by atoms with E-state index in [4.69, 9.17) is 5.11 Å². The van der Waals surface area contributed by atoms with Crippen molar-refractivity contribution in [3.8, 4) is 0 Å². The molecule has 2 aliphatic rings. The lowest BCUT2D eigenvalue weighted by Crippen LogP contribution is -2.45. The first-order chi connectivity index (χ1) is 7.22. The molecule has 1 aliphatic carbocycles. The summed E-state index contributed by atoms with van der Waals surface area (Å²) in [5, 5.41) is 9.16. The van der Waals surface area contributed by atoms with Crippen molar-refractivity contribution in [2.24, 2.45) is 0 Å². The quantitative estimate of drug-likeness (QED) is 0.754. The number of hydrogen-bond donors (Lipinski definition) is 1. The molecule has 2 atom stereocenters. The lowest BCUT2D eigenvalue weighted by molar-refractivity contribution is 0.109. The van der Waals surface area contributed by atoms with Crippen LogP contribution in [0.3, 0.4) is 0 Å². The maximum absolute atomic E-state index is 9.16. The Morgan fingerprint density at radius 2 is 2.00 bits per heavy atom. The van der Waals surface area contributed by atoms with Crippen molar-refractivity contribution in [2.45, 2.75) is 50.7 Å². The van der Waals surface area contributed by atoms with Gasteiger partial charge in [-0.3, -0.25) is 4.90 Å². The first-order valence-corrected chi connectivity index (χ1v) is 6.29. The molecule has 1 heterocycles. The van der Waals surface area contributed by atoms with Crippen molar-refractivity contribution in [1.29, 1.82) is 0 Å². The third kappa shape index (κ3) is 2.71. The molecule has 1 saturated heterocycles. The first kappa shape index (κ1) is 11.4. The van der Waals surface area contributed by atoms with Gasteiger partial charge in [-0.05, 0) is 46.2 Å². The summed E-state index contributed by atoms with van der Waals surface area (Å²) in [6, 6.07) is 2.09. The number of likely N-dealkylation sites (N-methyl/N-ethyl adjacent to an activating group) is 1. The Morgan fingerprint density at radius 1 is 1.27 bits per heavy atom. The molecule has 1 aliphatic heterocycles. The predicted octanol–water partition coefficient (Wildman–Crippen LogP) is 0.926. The molecule has 2 unspecified atom stereocenters. The number of hydrogen-bond acceptors (Lipinski definition) is 3. The van der Waals surface area contributed by atoms with Gasteiger partial charge in [-0.1, -0.05) is 0 Å². The van der Waals surface area contributed by atoms with Crippen molar-refractivity contribution < 1.29 is 5.11 Å². The number of aliphatic hydroxyl groups excluding tert-OH is 1.